The van der Waals surface area contributed by atoms with E-state index in [0.29, 0.717) is 18.1 Å². The van der Waals surface area contributed by atoms with Crippen molar-refractivity contribution >= 4 is 5.78 Å². The fraction of sp³-hybridized carbons (Fsp3) is 0.350. The minimum Gasteiger partial charge on any atom is -0.507 e. The molecule has 1 aliphatic rings. The summed E-state index contributed by atoms with van der Waals surface area (Å²) in [7, 11) is 0. The molecule has 0 bridgehead atoms. The molecule has 1 aliphatic heterocycles. The van der Waals surface area contributed by atoms with Crippen LogP contribution in [0.3, 0.4) is 0 Å². The molecule has 0 amide bonds. The summed E-state index contributed by atoms with van der Waals surface area (Å²) in [6.45, 7) is 5.79. The number of phenols is 1. The Hall–Kier alpha value is -2.49. The van der Waals surface area contributed by atoms with Crippen LogP contribution in [0.5, 0.6) is 17.2 Å². The molecule has 1 N–H and O–H groups in total. The predicted molar refractivity (Wildman–Crippen MR) is 91.9 cm³/mol. The quantitative estimate of drug-likeness (QED) is 0.852. The van der Waals surface area contributed by atoms with Crippen LogP contribution in [-0.2, 0) is 13.0 Å². The van der Waals surface area contributed by atoms with Gasteiger partial charge in [0, 0.05) is 11.6 Å². The fourth-order valence-electron chi connectivity index (χ4n) is 2.99. The van der Waals surface area contributed by atoms with Crippen molar-refractivity contribution in [3.63, 3.8) is 0 Å². The number of ketones is 1. The zero-order valence-corrected chi connectivity index (χ0v) is 14.3. The average Bonchev–Trinajstić information content (AvgIpc) is 2.51. The third kappa shape index (κ3) is 3.23. The van der Waals surface area contributed by atoms with Crippen molar-refractivity contribution in [1.82, 2.24) is 0 Å². The van der Waals surface area contributed by atoms with Gasteiger partial charge in [0.05, 0.1) is 0 Å². The lowest BCUT2D eigenvalue weighted by Gasteiger charge is -2.34. The highest BCUT2D eigenvalue weighted by atomic mass is 16.5. The number of hydrogen-bond acceptors (Lipinski definition) is 4. The van der Waals surface area contributed by atoms with Crippen LogP contribution in [0.25, 0.3) is 0 Å². The highest BCUT2D eigenvalue weighted by Gasteiger charge is 2.32. The first-order valence-corrected chi connectivity index (χ1v) is 8.13. The first-order valence-electron chi connectivity index (χ1n) is 8.13. The second kappa shape index (κ2) is 6.19. The second-order valence-corrected chi connectivity index (χ2v) is 6.77. The van der Waals surface area contributed by atoms with E-state index in [-0.39, 0.29) is 22.7 Å². The monoisotopic (exact) mass is 326 g/mol. The maximum atomic E-state index is 12.0. The Labute approximate surface area is 142 Å². The van der Waals surface area contributed by atoms with Gasteiger partial charge in [-0.3, -0.25) is 4.79 Å². The molecule has 3 rings (SSSR count). The summed E-state index contributed by atoms with van der Waals surface area (Å²) in [5, 5.41) is 10.3. The number of carbonyl (C=O) groups excluding carboxylic acids is 1. The lowest BCUT2D eigenvalue weighted by Crippen LogP contribution is -2.33. The van der Waals surface area contributed by atoms with E-state index in [1.54, 1.807) is 0 Å². The molecule has 0 fully saturated rings. The molecule has 0 aromatic heterocycles. The van der Waals surface area contributed by atoms with Gasteiger partial charge in [-0.05, 0) is 39.2 Å². The number of ether oxygens (including phenoxy) is 2. The number of aromatic hydroxyl groups is 1. The van der Waals surface area contributed by atoms with Gasteiger partial charge in [0.2, 0.25) is 0 Å². The number of carbonyl (C=O) groups is 1. The molecular formula is C20H22O4. The summed E-state index contributed by atoms with van der Waals surface area (Å²) in [6.07, 6.45) is 1.57. The number of rotatable bonds is 4. The van der Waals surface area contributed by atoms with E-state index in [1.807, 2.05) is 44.2 Å². The lowest BCUT2D eigenvalue weighted by molar-refractivity contribution is 0.0824. The number of fused-ring (bicyclic) bond motifs is 1. The van der Waals surface area contributed by atoms with Crippen LogP contribution in [0, 0.1) is 0 Å². The predicted octanol–water partition coefficient (Wildman–Crippen LogP) is 4.28. The standard InChI is InChI=1S/C20H22O4/c1-13(21)18-16(22)11-17-15(9-10-20(2,3)24-17)19(18)23-12-14-7-5-4-6-8-14/h4-8,11,22H,9-10,12H2,1-3H3. The summed E-state index contributed by atoms with van der Waals surface area (Å²) in [5.41, 5.74) is 1.79. The van der Waals surface area contributed by atoms with Crippen molar-refractivity contribution in [3.8, 4) is 17.2 Å². The van der Waals surface area contributed by atoms with Crippen molar-refractivity contribution in [1.29, 1.82) is 0 Å². The highest BCUT2D eigenvalue weighted by Crippen LogP contribution is 2.44. The molecule has 0 saturated heterocycles. The van der Waals surface area contributed by atoms with Crippen molar-refractivity contribution in [2.75, 3.05) is 0 Å². The molecule has 2 aromatic rings. The first-order chi connectivity index (χ1) is 11.4. The van der Waals surface area contributed by atoms with Crippen LogP contribution in [0.15, 0.2) is 36.4 Å². The second-order valence-electron chi connectivity index (χ2n) is 6.77. The molecule has 1 heterocycles. The van der Waals surface area contributed by atoms with E-state index in [1.165, 1.54) is 13.0 Å². The Morgan fingerprint density at radius 2 is 2.00 bits per heavy atom. The summed E-state index contributed by atoms with van der Waals surface area (Å²) in [5.74, 6) is 0.721. The summed E-state index contributed by atoms with van der Waals surface area (Å²) < 4.78 is 11.9. The van der Waals surface area contributed by atoms with E-state index >= 15 is 0 Å². The van der Waals surface area contributed by atoms with E-state index in [2.05, 4.69) is 0 Å². The smallest absolute Gasteiger partial charge is 0.167 e. The molecule has 126 valence electrons. The zero-order chi connectivity index (χ0) is 17.3. The largest absolute Gasteiger partial charge is 0.507 e. The molecular weight excluding hydrogens is 304 g/mol. The minimum atomic E-state index is -0.298. The van der Waals surface area contributed by atoms with Gasteiger partial charge < -0.3 is 14.6 Å². The third-order valence-electron chi connectivity index (χ3n) is 4.26. The fourth-order valence-corrected chi connectivity index (χ4v) is 2.99. The molecule has 4 heteroatoms. The Morgan fingerprint density at radius 1 is 1.29 bits per heavy atom. The van der Waals surface area contributed by atoms with E-state index in [4.69, 9.17) is 9.47 Å². The molecule has 0 atom stereocenters. The Morgan fingerprint density at radius 3 is 2.67 bits per heavy atom. The van der Waals surface area contributed by atoms with Gasteiger partial charge in [0.15, 0.2) is 5.78 Å². The first kappa shape index (κ1) is 16.4. The number of Topliss-reactive ketones (excluding diaryl/α,β-unsaturated/α-hetero) is 1. The Kier molecular flexibility index (Phi) is 4.22. The molecule has 0 saturated carbocycles. The molecule has 0 unspecified atom stereocenters. The van der Waals surface area contributed by atoms with Crippen LogP contribution in [0.4, 0.5) is 0 Å². The van der Waals surface area contributed by atoms with Crippen LogP contribution >= 0.6 is 0 Å². The van der Waals surface area contributed by atoms with Gasteiger partial charge in [-0.2, -0.15) is 0 Å². The van der Waals surface area contributed by atoms with Crippen molar-refractivity contribution in [2.45, 2.75) is 45.8 Å². The maximum absolute atomic E-state index is 12.0. The molecule has 4 nitrogen and oxygen atoms in total. The van der Waals surface area contributed by atoms with Crippen LogP contribution < -0.4 is 9.47 Å². The number of hydrogen-bond donors (Lipinski definition) is 1. The van der Waals surface area contributed by atoms with Crippen LogP contribution in [-0.4, -0.2) is 16.5 Å². The molecule has 0 spiro atoms. The van der Waals surface area contributed by atoms with Gasteiger partial charge in [-0.25, -0.2) is 0 Å². The lowest BCUT2D eigenvalue weighted by atomic mass is 9.91. The van der Waals surface area contributed by atoms with E-state index in [0.717, 1.165) is 24.0 Å². The third-order valence-corrected chi connectivity index (χ3v) is 4.26. The van der Waals surface area contributed by atoms with Crippen molar-refractivity contribution < 1.29 is 19.4 Å². The summed E-state index contributed by atoms with van der Waals surface area (Å²) >= 11 is 0. The van der Waals surface area contributed by atoms with Gasteiger partial charge in [-0.15, -0.1) is 0 Å². The van der Waals surface area contributed by atoms with Crippen LogP contribution in [0.2, 0.25) is 0 Å². The Balaban J connectivity index is 2.02. The maximum Gasteiger partial charge on any atom is 0.167 e. The van der Waals surface area contributed by atoms with Crippen molar-refractivity contribution in [2.24, 2.45) is 0 Å². The number of phenolic OH excluding ortho intramolecular Hbond substituents is 1. The van der Waals surface area contributed by atoms with Crippen molar-refractivity contribution in [3.05, 3.63) is 53.1 Å². The summed E-state index contributed by atoms with van der Waals surface area (Å²) in [4.78, 5) is 12.0. The van der Waals surface area contributed by atoms with Gasteiger partial charge >= 0.3 is 0 Å². The van der Waals surface area contributed by atoms with Crippen LogP contribution in [0.1, 0.15) is 48.7 Å². The summed E-state index contributed by atoms with van der Waals surface area (Å²) in [6, 6.07) is 11.3. The molecule has 24 heavy (non-hydrogen) atoms. The number of benzene rings is 2. The minimum absolute atomic E-state index is 0.0954. The van der Waals surface area contributed by atoms with Gasteiger partial charge in [0.1, 0.15) is 35.0 Å². The van der Waals surface area contributed by atoms with Gasteiger partial charge in [0.25, 0.3) is 0 Å². The Bertz CT molecular complexity index is 763. The molecule has 0 aliphatic carbocycles. The van der Waals surface area contributed by atoms with Gasteiger partial charge in [-0.1, -0.05) is 30.3 Å². The average molecular weight is 326 g/mol. The molecule has 2 aromatic carbocycles. The van der Waals surface area contributed by atoms with E-state index in [9.17, 15) is 9.90 Å². The SMILES string of the molecule is CC(=O)c1c(O)cc2c(c1OCc1ccccc1)CCC(C)(C)O2. The van der Waals surface area contributed by atoms with E-state index < -0.39 is 0 Å². The normalized spacial score (nSPS) is 15.3. The highest BCUT2D eigenvalue weighted by molar-refractivity contribution is 6.00. The topological polar surface area (TPSA) is 55.8 Å². The zero-order valence-electron chi connectivity index (χ0n) is 14.3. The molecule has 0 radical (unpaired) electrons.